The molecule has 36 heavy (non-hydrogen) atoms. The van der Waals surface area contributed by atoms with Crippen LogP contribution < -0.4 is 9.47 Å². The second kappa shape index (κ2) is 10.9. The molecule has 4 heteroatoms. The van der Waals surface area contributed by atoms with Gasteiger partial charge in [0.1, 0.15) is 11.5 Å². The molecule has 4 aromatic carbocycles. The van der Waals surface area contributed by atoms with Gasteiger partial charge in [-0.05, 0) is 71.7 Å². The zero-order chi connectivity index (χ0) is 24.9. The molecule has 0 aliphatic carbocycles. The molecule has 5 rings (SSSR count). The molecule has 0 radical (unpaired) electrons. The van der Waals surface area contributed by atoms with E-state index in [0.717, 1.165) is 31.4 Å². The Kier molecular flexibility index (Phi) is 7.22. The first-order chi connectivity index (χ1) is 17.6. The normalized spacial score (nSPS) is 17.7. The molecule has 1 aliphatic heterocycles. The minimum atomic E-state index is -0.977. The standard InChI is InChI=1S/C32H32O4/c1-22(27-14-7-10-23-9-2-3-12-28(23)27)8-6-11-26-20-30(29-13-4-5-15-31(29)36-26)24-16-18-25(19-17-24)35-21-32(33)34/h2-5,7,9-10,12-19,22,26,30H,6,8,11,20-21H2,1H3,(H,33,34)/t22-,26?,30?/m0/s1. The van der Waals surface area contributed by atoms with Gasteiger partial charge in [-0.25, -0.2) is 4.79 Å². The van der Waals surface area contributed by atoms with Crippen LogP contribution in [0.15, 0.2) is 91.0 Å². The lowest BCUT2D eigenvalue weighted by Crippen LogP contribution is -2.26. The number of para-hydroxylation sites is 1. The Hall–Kier alpha value is -3.79. The van der Waals surface area contributed by atoms with Crippen LogP contribution in [0.25, 0.3) is 10.8 Å². The van der Waals surface area contributed by atoms with Crippen LogP contribution >= 0.6 is 0 Å². The molecule has 0 saturated carbocycles. The van der Waals surface area contributed by atoms with Gasteiger partial charge in [0.25, 0.3) is 0 Å². The molecular weight excluding hydrogens is 448 g/mol. The van der Waals surface area contributed by atoms with Gasteiger partial charge in [-0.2, -0.15) is 0 Å². The lowest BCUT2D eigenvalue weighted by molar-refractivity contribution is -0.139. The Bertz CT molecular complexity index is 1320. The zero-order valence-electron chi connectivity index (χ0n) is 20.6. The highest BCUT2D eigenvalue weighted by Gasteiger charge is 2.29. The average Bonchev–Trinajstić information content (AvgIpc) is 2.91. The van der Waals surface area contributed by atoms with E-state index in [0.29, 0.717) is 11.7 Å². The lowest BCUT2D eigenvalue weighted by Gasteiger charge is -2.33. The zero-order valence-corrected chi connectivity index (χ0v) is 20.6. The summed E-state index contributed by atoms with van der Waals surface area (Å²) >= 11 is 0. The van der Waals surface area contributed by atoms with Crippen molar-refractivity contribution >= 4 is 16.7 Å². The maximum atomic E-state index is 10.8. The molecule has 0 amide bonds. The minimum Gasteiger partial charge on any atom is -0.490 e. The summed E-state index contributed by atoms with van der Waals surface area (Å²) in [5, 5.41) is 11.5. The van der Waals surface area contributed by atoms with Gasteiger partial charge < -0.3 is 14.6 Å². The fourth-order valence-corrected chi connectivity index (χ4v) is 5.41. The van der Waals surface area contributed by atoms with E-state index in [1.54, 1.807) is 0 Å². The maximum Gasteiger partial charge on any atom is 0.341 e. The summed E-state index contributed by atoms with van der Waals surface area (Å²) in [4.78, 5) is 10.8. The highest BCUT2D eigenvalue weighted by atomic mass is 16.5. The number of carboxylic acids is 1. The van der Waals surface area contributed by atoms with Gasteiger partial charge in [-0.1, -0.05) is 79.7 Å². The first-order valence-electron chi connectivity index (χ1n) is 12.8. The molecule has 184 valence electrons. The number of carbonyl (C=O) groups is 1. The van der Waals surface area contributed by atoms with Gasteiger partial charge >= 0.3 is 5.97 Å². The summed E-state index contributed by atoms with van der Waals surface area (Å²) < 4.78 is 11.8. The maximum absolute atomic E-state index is 10.8. The molecule has 0 aromatic heterocycles. The number of aliphatic carboxylic acids is 1. The first kappa shape index (κ1) is 23.9. The monoisotopic (exact) mass is 480 g/mol. The van der Waals surface area contributed by atoms with Crippen LogP contribution in [0.5, 0.6) is 11.5 Å². The Balaban J connectivity index is 1.26. The Morgan fingerprint density at radius 3 is 2.56 bits per heavy atom. The predicted molar refractivity (Wildman–Crippen MR) is 143 cm³/mol. The number of carboxylic acid groups (broad SMARTS) is 1. The number of ether oxygens (including phenoxy) is 2. The predicted octanol–water partition coefficient (Wildman–Crippen LogP) is 7.56. The summed E-state index contributed by atoms with van der Waals surface area (Å²) in [6.45, 7) is 1.99. The van der Waals surface area contributed by atoms with Crippen LogP contribution in [0.2, 0.25) is 0 Å². The van der Waals surface area contributed by atoms with E-state index < -0.39 is 5.97 Å². The molecule has 3 atom stereocenters. The molecule has 1 N–H and O–H groups in total. The third kappa shape index (κ3) is 5.38. The smallest absolute Gasteiger partial charge is 0.341 e. The number of hydrogen-bond donors (Lipinski definition) is 1. The second-order valence-electron chi connectivity index (χ2n) is 9.72. The van der Waals surface area contributed by atoms with Crippen molar-refractivity contribution < 1.29 is 19.4 Å². The average molecular weight is 481 g/mol. The molecule has 1 heterocycles. The Morgan fingerprint density at radius 1 is 0.972 bits per heavy atom. The summed E-state index contributed by atoms with van der Waals surface area (Å²) in [7, 11) is 0. The SMILES string of the molecule is C[C@@H](CCCC1CC(c2ccc(OCC(=O)O)cc2)c2ccccc2O1)c1cccc2ccccc12. The van der Waals surface area contributed by atoms with Gasteiger partial charge in [-0.3, -0.25) is 0 Å². The van der Waals surface area contributed by atoms with Crippen LogP contribution in [0, 0.1) is 0 Å². The van der Waals surface area contributed by atoms with Gasteiger partial charge in [0.15, 0.2) is 6.61 Å². The number of rotatable bonds is 9. The van der Waals surface area contributed by atoms with E-state index in [1.807, 2.05) is 30.3 Å². The van der Waals surface area contributed by atoms with Crippen molar-refractivity contribution in [2.45, 2.75) is 50.5 Å². The second-order valence-corrected chi connectivity index (χ2v) is 9.72. The summed E-state index contributed by atoms with van der Waals surface area (Å²) in [6, 6.07) is 31.4. The molecule has 4 nitrogen and oxygen atoms in total. The fraction of sp³-hybridized carbons (Fsp3) is 0.281. The van der Waals surface area contributed by atoms with Crippen molar-refractivity contribution in [3.63, 3.8) is 0 Å². The van der Waals surface area contributed by atoms with E-state index >= 15 is 0 Å². The molecular formula is C32H32O4. The van der Waals surface area contributed by atoms with Gasteiger partial charge in [0, 0.05) is 11.5 Å². The van der Waals surface area contributed by atoms with Crippen LogP contribution in [0.3, 0.4) is 0 Å². The molecule has 0 spiro atoms. The summed E-state index contributed by atoms with van der Waals surface area (Å²) in [6.07, 6.45) is 4.32. The molecule has 4 aromatic rings. The van der Waals surface area contributed by atoms with Gasteiger partial charge in [0.05, 0.1) is 6.10 Å². The topological polar surface area (TPSA) is 55.8 Å². The minimum absolute atomic E-state index is 0.160. The van der Waals surface area contributed by atoms with E-state index in [1.165, 1.54) is 27.5 Å². The van der Waals surface area contributed by atoms with E-state index in [2.05, 4.69) is 67.6 Å². The van der Waals surface area contributed by atoms with Crippen molar-refractivity contribution in [2.24, 2.45) is 0 Å². The molecule has 2 unspecified atom stereocenters. The molecule has 0 bridgehead atoms. The first-order valence-corrected chi connectivity index (χ1v) is 12.8. The third-order valence-corrected chi connectivity index (χ3v) is 7.25. The quantitative estimate of drug-likeness (QED) is 0.269. The Morgan fingerprint density at radius 2 is 1.72 bits per heavy atom. The summed E-state index contributed by atoms with van der Waals surface area (Å²) in [5.74, 6) is 1.28. The Labute approximate surface area is 212 Å². The third-order valence-electron chi connectivity index (χ3n) is 7.25. The van der Waals surface area contributed by atoms with Crippen molar-refractivity contribution in [3.8, 4) is 11.5 Å². The van der Waals surface area contributed by atoms with Crippen molar-refractivity contribution in [1.29, 1.82) is 0 Å². The van der Waals surface area contributed by atoms with E-state index in [9.17, 15) is 4.79 Å². The number of fused-ring (bicyclic) bond motifs is 2. The van der Waals surface area contributed by atoms with Crippen molar-refractivity contribution in [3.05, 3.63) is 108 Å². The van der Waals surface area contributed by atoms with Gasteiger partial charge in [-0.15, -0.1) is 0 Å². The lowest BCUT2D eigenvalue weighted by atomic mass is 9.82. The molecule has 1 aliphatic rings. The van der Waals surface area contributed by atoms with Crippen molar-refractivity contribution in [1.82, 2.24) is 0 Å². The van der Waals surface area contributed by atoms with Crippen LogP contribution in [-0.2, 0) is 4.79 Å². The largest absolute Gasteiger partial charge is 0.490 e. The fourth-order valence-electron chi connectivity index (χ4n) is 5.41. The van der Waals surface area contributed by atoms with Crippen LogP contribution in [0.4, 0.5) is 0 Å². The van der Waals surface area contributed by atoms with E-state index in [-0.39, 0.29) is 18.6 Å². The summed E-state index contributed by atoms with van der Waals surface area (Å²) in [5.41, 5.74) is 3.82. The van der Waals surface area contributed by atoms with Crippen molar-refractivity contribution in [2.75, 3.05) is 6.61 Å². The van der Waals surface area contributed by atoms with Crippen LogP contribution in [-0.4, -0.2) is 23.8 Å². The van der Waals surface area contributed by atoms with E-state index in [4.69, 9.17) is 14.6 Å². The number of benzene rings is 4. The molecule has 0 fully saturated rings. The van der Waals surface area contributed by atoms with Crippen LogP contribution in [0.1, 0.15) is 61.1 Å². The number of hydrogen-bond acceptors (Lipinski definition) is 3. The highest BCUT2D eigenvalue weighted by Crippen LogP contribution is 2.42. The van der Waals surface area contributed by atoms with Gasteiger partial charge in [0.2, 0.25) is 0 Å². The highest BCUT2D eigenvalue weighted by molar-refractivity contribution is 5.86. The molecule has 0 saturated heterocycles.